The Balaban J connectivity index is 2.29. The molecule has 1 atom stereocenters. The van der Waals surface area contributed by atoms with Gasteiger partial charge in [-0.05, 0) is 50.5 Å². The molecule has 0 amide bonds. The standard InChI is InChI=1S/C14H23NO/c1-5-13(4)15-8-9-16-14-7-6-11(2)12(3)10-14/h6-7,10,13,15H,5,8-9H2,1-4H3/p+1/t13-/m1/s1. The van der Waals surface area contributed by atoms with E-state index >= 15 is 0 Å². The fraction of sp³-hybridized carbons (Fsp3) is 0.571. The molecule has 0 aliphatic heterocycles. The smallest absolute Gasteiger partial charge is 0.137 e. The van der Waals surface area contributed by atoms with Crippen LogP contribution in [0.2, 0.25) is 0 Å². The first-order valence-corrected chi connectivity index (χ1v) is 6.17. The van der Waals surface area contributed by atoms with Gasteiger partial charge in [-0.15, -0.1) is 0 Å². The molecule has 2 N–H and O–H groups in total. The monoisotopic (exact) mass is 222 g/mol. The second-order valence-corrected chi connectivity index (χ2v) is 4.50. The molecule has 0 unspecified atom stereocenters. The molecule has 16 heavy (non-hydrogen) atoms. The largest absolute Gasteiger partial charge is 0.488 e. The zero-order chi connectivity index (χ0) is 12.0. The highest BCUT2D eigenvalue weighted by Gasteiger charge is 2.01. The van der Waals surface area contributed by atoms with E-state index in [9.17, 15) is 0 Å². The van der Waals surface area contributed by atoms with Crippen molar-refractivity contribution in [3.63, 3.8) is 0 Å². The molecule has 0 aromatic heterocycles. The van der Waals surface area contributed by atoms with E-state index in [1.54, 1.807) is 0 Å². The molecular formula is C14H24NO+. The molecule has 0 bridgehead atoms. The summed E-state index contributed by atoms with van der Waals surface area (Å²) in [5, 5.41) is 2.33. The summed E-state index contributed by atoms with van der Waals surface area (Å²) in [6.45, 7) is 10.5. The van der Waals surface area contributed by atoms with Crippen molar-refractivity contribution in [1.29, 1.82) is 0 Å². The third-order valence-corrected chi connectivity index (χ3v) is 3.08. The molecule has 90 valence electrons. The minimum Gasteiger partial charge on any atom is -0.488 e. The van der Waals surface area contributed by atoms with Crippen LogP contribution in [0.15, 0.2) is 18.2 Å². The molecule has 2 nitrogen and oxygen atoms in total. The van der Waals surface area contributed by atoms with Gasteiger partial charge in [0.05, 0.1) is 6.04 Å². The maximum absolute atomic E-state index is 5.71. The lowest BCUT2D eigenvalue weighted by Gasteiger charge is -2.10. The number of benzene rings is 1. The van der Waals surface area contributed by atoms with Gasteiger partial charge in [-0.25, -0.2) is 0 Å². The lowest BCUT2D eigenvalue weighted by atomic mass is 10.1. The molecule has 0 aliphatic rings. The van der Waals surface area contributed by atoms with Crippen LogP contribution in [-0.4, -0.2) is 19.2 Å². The molecule has 0 heterocycles. The Morgan fingerprint density at radius 3 is 2.62 bits per heavy atom. The summed E-state index contributed by atoms with van der Waals surface area (Å²) in [6, 6.07) is 6.97. The summed E-state index contributed by atoms with van der Waals surface area (Å²) in [6.07, 6.45) is 1.21. The second-order valence-electron chi connectivity index (χ2n) is 4.50. The predicted octanol–water partition coefficient (Wildman–Crippen LogP) is 2.04. The van der Waals surface area contributed by atoms with Gasteiger partial charge in [-0.3, -0.25) is 0 Å². The summed E-state index contributed by atoms with van der Waals surface area (Å²) in [5.41, 5.74) is 2.61. The summed E-state index contributed by atoms with van der Waals surface area (Å²) < 4.78 is 5.71. The molecule has 0 saturated carbocycles. The van der Waals surface area contributed by atoms with Crippen molar-refractivity contribution in [2.45, 2.75) is 40.2 Å². The SMILES string of the molecule is CC[C@@H](C)[NH2+]CCOc1ccc(C)c(C)c1. The van der Waals surface area contributed by atoms with Crippen LogP contribution >= 0.6 is 0 Å². The number of nitrogens with two attached hydrogens (primary N) is 1. The van der Waals surface area contributed by atoms with E-state index in [0.717, 1.165) is 18.9 Å². The summed E-state index contributed by atoms with van der Waals surface area (Å²) in [5.74, 6) is 0.987. The zero-order valence-corrected chi connectivity index (χ0v) is 10.9. The fourth-order valence-corrected chi connectivity index (χ4v) is 1.50. The van der Waals surface area contributed by atoms with Crippen molar-refractivity contribution >= 4 is 0 Å². The first-order valence-electron chi connectivity index (χ1n) is 6.17. The van der Waals surface area contributed by atoms with E-state index in [4.69, 9.17) is 4.74 Å². The zero-order valence-electron chi connectivity index (χ0n) is 10.9. The number of hydrogen-bond donors (Lipinski definition) is 1. The van der Waals surface area contributed by atoms with Crippen molar-refractivity contribution in [2.24, 2.45) is 0 Å². The van der Waals surface area contributed by atoms with Crippen molar-refractivity contribution in [2.75, 3.05) is 13.2 Å². The van der Waals surface area contributed by atoms with Crippen LogP contribution in [0.1, 0.15) is 31.4 Å². The molecule has 1 aromatic rings. The average molecular weight is 222 g/mol. The van der Waals surface area contributed by atoms with E-state index in [1.807, 2.05) is 6.07 Å². The maximum Gasteiger partial charge on any atom is 0.137 e. The van der Waals surface area contributed by atoms with Gasteiger partial charge in [0.1, 0.15) is 18.9 Å². The Bertz CT molecular complexity index is 323. The van der Waals surface area contributed by atoms with E-state index in [0.29, 0.717) is 6.04 Å². The van der Waals surface area contributed by atoms with E-state index in [-0.39, 0.29) is 0 Å². The molecule has 1 aromatic carbocycles. The van der Waals surface area contributed by atoms with Crippen LogP contribution < -0.4 is 10.1 Å². The number of hydrogen-bond acceptors (Lipinski definition) is 1. The summed E-state index contributed by atoms with van der Waals surface area (Å²) in [7, 11) is 0. The van der Waals surface area contributed by atoms with Crippen LogP contribution in [0, 0.1) is 13.8 Å². The average Bonchev–Trinajstić information content (AvgIpc) is 2.28. The first-order chi connectivity index (χ1) is 7.63. The molecule has 0 aliphatic carbocycles. The predicted molar refractivity (Wildman–Crippen MR) is 68.0 cm³/mol. The van der Waals surface area contributed by atoms with Crippen LogP contribution in [0.4, 0.5) is 0 Å². The van der Waals surface area contributed by atoms with Crippen molar-refractivity contribution in [3.05, 3.63) is 29.3 Å². The van der Waals surface area contributed by atoms with Gasteiger partial charge in [0.2, 0.25) is 0 Å². The minimum atomic E-state index is 0.698. The van der Waals surface area contributed by atoms with Crippen molar-refractivity contribution in [3.8, 4) is 5.75 Å². The van der Waals surface area contributed by atoms with Crippen molar-refractivity contribution < 1.29 is 10.1 Å². The highest BCUT2D eigenvalue weighted by Crippen LogP contribution is 2.15. The normalized spacial score (nSPS) is 12.5. The van der Waals surface area contributed by atoms with Gasteiger partial charge >= 0.3 is 0 Å². The molecule has 2 heteroatoms. The second kappa shape index (κ2) is 6.54. The van der Waals surface area contributed by atoms with Gasteiger partial charge in [0.25, 0.3) is 0 Å². The van der Waals surface area contributed by atoms with E-state index in [2.05, 4.69) is 45.1 Å². The number of ether oxygens (including phenoxy) is 1. The molecular weight excluding hydrogens is 198 g/mol. The van der Waals surface area contributed by atoms with E-state index in [1.165, 1.54) is 17.5 Å². The first kappa shape index (κ1) is 13.0. The molecule has 0 spiro atoms. The Morgan fingerprint density at radius 1 is 1.25 bits per heavy atom. The quantitative estimate of drug-likeness (QED) is 0.732. The van der Waals surface area contributed by atoms with Crippen LogP contribution in [-0.2, 0) is 0 Å². The highest BCUT2D eigenvalue weighted by molar-refractivity contribution is 5.33. The van der Waals surface area contributed by atoms with Crippen LogP contribution in [0.25, 0.3) is 0 Å². The minimum absolute atomic E-state index is 0.698. The Hall–Kier alpha value is -1.02. The molecule has 1 rings (SSSR count). The van der Waals surface area contributed by atoms with Crippen LogP contribution in [0.5, 0.6) is 5.75 Å². The third-order valence-electron chi connectivity index (χ3n) is 3.08. The van der Waals surface area contributed by atoms with Gasteiger partial charge in [0.15, 0.2) is 0 Å². The van der Waals surface area contributed by atoms with Gasteiger partial charge in [-0.1, -0.05) is 13.0 Å². The topological polar surface area (TPSA) is 25.8 Å². The maximum atomic E-state index is 5.71. The summed E-state index contributed by atoms with van der Waals surface area (Å²) >= 11 is 0. The Labute approximate surface area is 99.0 Å². The lowest BCUT2D eigenvalue weighted by Crippen LogP contribution is -2.90. The van der Waals surface area contributed by atoms with Crippen molar-refractivity contribution in [1.82, 2.24) is 0 Å². The molecule has 0 radical (unpaired) electrons. The fourth-order valence-electron chi connectivity index (χ4n) is 1.50. The third kappa shape index (κ3) is 4.23. The van der Waals surface area contributed by atoms with E-state index < -0.39 is 0 Å². The number of rotatable bonds is 6. The Kier molecular flexibility index (Phi) is 5.33. The Morgan fingerprint density at radius 2 is 2.00 bits per heavy atom. The highest BCUT2D eigenvalue weighted by atomic mass is 16.5. The lowest BCUT2D eigenvalue weighted by molar-refractivity contribution is -0.686. The van der Waals surface area contributed by atoms with Gasteiger partial charge in [0, 0.05) is 0 Å². The summed E-state index contributed by atoms with van der Waals surface area (Å²) in [4.78, 5) is 0. The number of quaternary nitrogens is 1. The van der Waals surface area contributed by atoms with Gasteiger partial charge < -0.3 is 10.1 Å². The van der Waals surface area contributed by atoms with Gasteiger partial charge in [-0.2, -0.15) is 0 Å². The molecule has 0 fully saturated rings. The molecule has 0 saturated heterocycles. The number of aryl methyl sites for hydroxylation is 2. The van der Waals surface area contributed by atoms with Crippen LogP contribution in [0.3, 0.4) is 0 Å².